The van der Waals surface area contributed by atoms with Gasteiger partial charge in [0.1, 0.15) is 0 Å². The molecule has 0 bridgehead atoms. The average Bonchev–Trinajstić information content (AvgIpc) is 2.78. The molecule has 5 aromatic rings. The molecule has 1 atom stereocenters. The van der Waals surface area contributed by atoms with Crippen LogP contribution in [0.15, 0.2) is 63.0 Å². The fourth-order valence-corrected chi connectivity index (χ4v) is 5.70. The van der Waals surface area contributed by atoms with Crippen LogP contribution < -0.4 is 16.0 Å². The van der Waals surface area contributed by atoms with Crippen LogP contribution in [-0.4, -0.2) is 37.4 Å². The molecule has 8 nitrogen and oxygen atoms in total. The van der Waals surface area contributed by atoms with Crippen molar-refractivity contribution in [3.8, 4) is 0 Å². The van der Waals surface area contributed by atoms with E-state index >= 15 is 0 Å². The summed E-state index contributed by atoms with van der Waals surface area (Å²) in [5.41, 5.74) is 2.12. The Morgan fingerprint density at radius 2 is 1.47 bits per heavy atom. The predicted molar refractivity (Wildman–Crippen MR) is 136 cm³/mol. The molecule has 2 aromatic heterocycles. The maximum atomic E-state index is 13.9. The molecule has 0 aliphatic heterocycles. The Labute approximate surface area is 195 Å². The molecule has 34 heavy (non-hydrogen) atoms. The van der Waals surface area contributed by atoms with Crippen LogP contribution in [0.3, 0.4) is 0 Å². The smallest absolute Gasteiger partial charge is 0.238 e. The molecule has 0 fully saturated rings. The molecule has 1 unspecified atom stereocenters. The summed E-state index contributed by atoms with van der Waals surface area (Å²) in [6.45, 7) is 1.93. The zero-order valence-electron chi connectivity index (χ0n) is 19.0. The summed E-state index contributed by atoms with van der Waals surface area (Å²) >= 11 is 0. The maximum Gasteiger partial charge on any atom is 0.238 e. The summed E-state index contributed by atoms with van der Waals surface area (Å²) in [6, 6.07) is 13.2. The Balaban J connectivity index is 1.98. The topological polar surface area (TPSA) is 129 Å². The normalized spacial score (nSPS) is 13.4. The molecule has 0 aliphatic carbocycles. The Morgan fingerprint density at radius 1 is 0.853 bits per heavy atom. The van der Waals surface area contributed by atoms with Gasteiger partial charge in [-0.2, -0.15) is 0 Å². The maximum absolute atomic E-state index is 13.9. The van der Waals surface area contributed by atoms with Crippen molar-refractivity contribution in [1.29, 1.82) is 0 Å². The van der Waals surface area contributed by atoms with Gasteiger partial charge in [-0.05, 0) is 56.9 Å². The number of nitrogens with two attached hydrogens (primary N) is 1. The van der Waals surface area contributed by atoms with Crippen molar-refractivity contribution >= 4 is 53.6 Å². The second-order valence-electron chi connectivity index (χ2n) is 8.73. The summed E-state index contributed by atoms with van der Waals surface area (Å²) in [5, 5.41) is 7.21. The number of aromatic nitrogens is 2. The van der Waals surface area contributed by atoms with Gasteiger partial charge in [-0.1, -0.05) is 19.1 Å². The monoisotopic (exact) mass is 476 g/mol. The number of hydrogen-bond acceptors (Lipinski definition) is 5. The van der Waals surface area contributed by atoms with Gasteiger partial charge in [-0.25, -0.2) is 13.6 Å². The number of primary sulfonamides is 1. The first-order valence-electron chi connectivity index (χ1n) is 10.9. The van der Waals surface area contributed by atoms with E-state index < -0.39 is 10.0 Å². The molecular weight excluding hydrogens is 452 g/mol. The van der Waals surface area contributed by atoms with Crippen LogP contribution in [0.4, 0.5) is 0 Å². The number of pyridine rings is 2. The van der Waals surface area contributed by atoms with Gasteiger partial charge in [0.2, 0.25) is 10.0 Å². The quantitative estimate of drug-likeness (QED) is 0.343. The van der Waals surface area contributed by atoms with Crippen LogP contribution in [0.2, 0.25) is 0 Å². The molecule has 9 heteroatoms. The van der Waals surface area contributed by atoms with Crippen molar-refractivity contribution in [3.05, 3.63) is 74.5 Å². The van der Waals surface area contributed by atoms with Crippen LogP contribution >= 0.6 is 0 Å². The van der Waals surface area contributed by atoms with E-state index in [9.17, 15) is 18.0 Å². The largest absolute Gasteiger partial charge is 0.354 e. The van der Waals surface area contributed by atoms with E-state index in [2.05, 4.69) is 9.97 Å². The van der Waals surface area contributed by atoms with E-state index in [-0.39, 0.29) is 27.2 Å². The average molecular weight is 477 g/mol. The zero-order valence-corrected chi connectivity index (χ0v) is 19.8. The number of hydrogen-bond donors (Lipinski definition) is 3. The molecule has 3 aromatic carbocycles. The second-order valence-corrected chi connectivity index (χ2v) is 10.3. The van der Waals surface area contributed by atoms with Crippen molar-refractivity contribution in [3.63, 3.8) is 0 Å². The van der Waals surface area contributed by atoms with Gasteiger partial charge in [0.15, 0.2) is 10.9 Å². The van der Waals surface area contributed by atoms with E-state index in [4.69, 9.17) is 5.14 Å². The SMILES string of the molecule is CCC(c1c(S(N)(=O)=O)ccc2[nH]c3cc4c(=O)c5ccccc5[nH]c4cc3c(=O)c12)N(C)C. The molecule has 2 heterocycles. The van der Waals surface area contributed by atoms with Crippen LogP contribution in [0.1, 0.15) is 24.9 Å². The van der Waals surface area contributed by atoms with Gasteiger partial charge in [0.25, 0.3) is 0 Å². The van der Waals surface area contributed by atoms with Crippen molar-refractivity contribution in [2.75, 3.05) is 14.1 Å². The first-order chi connectivity index (χ1) is 16.1. The number of fused-ring (bicyclic) bond motifs is 4. The number of H-pyrrole nitrogens is 2. The Morgan fingerprint density at radius 3 is 2.09 bits per heavy atom. The number of aromatic amines is 2. The standard InChI is InChI=1S/C25H24N4O4S/c1-4-20(29(2)3)23-21(34(26,32)33)10-9-17-22(23)25(31)15-12-18-14(11-19(15)28-17)24(30)13-7-5-6-8-16(13)27-18/h5-12,20H,4H2,1-3H3,(H,27,30)(H,28,31)(H2,26,32,33). The second kappa shape index (κ2) is 7.76. The highest BCUT2D eigenvalue weighted by molar-refractivity contribution is 7.89. The van der Waals surface area contributed by atoms with E-state index in [0.717, 1.165) is 0 Å². The van der Waals surface area contributed by atoms with Crippen molar-refractivity contribution < 1.29 is 8.42 Å². The summed E-state index contributed by atoms with van der Waals surface area (Å²) in [6.07, 6.45) is 0.573. The summed E-state index contributed by atoms with van der Waals surface area (Å²) in [4.78, 5) is 35.2. The third-order valence-corrected chi connectivity index (χ3v) is 7.41. The van der Waals surface area contributed by atoms with E-state index in [1.165, 1.54) is 6.07 Å². The first-order valence-corrected chi connectivity index (χ1v) is 12.4. The third-order valence-electron chi connectivity index (χ3n) is 6.44. The number of benzene rings is 3. The van der Waals surface area contributed by atoms with Crippen molar-refractivity contribution in [2.24, 2.45) is 5.14 Å². The molecule has 4 N–H and O–H groups in total. The molecular formula is C25H24N4O4S. The molecule has 0 saturated heterocycles. The Hall–Kier alpha value is -3.53. The van der Waals surface area contributed by atoms with Gasteiger partial charge in [0, 0.05) is 33.3 Å². The Kier molecular flexibility index (Phi) is 5.09. The molecule has 0 aliphatic rings. The van der Waals surface area contributed by atoms with Gasteiger partial charge in [-0.15, -0.1) is 0 Å². The lowest BCUT2D eigenvalue weighted by Crippen LogP contribution is -2.25. The number of nitrogens with zero attached hydrogens (tertiary/aromatic N) is 1. The number of sulfonamides is 1. The van der Waals surface area contributed by atoms with Crippen molar-refractivity contribution in [1.82, 2.24) is 14.9 Å². The van der Waals surface area contributed by atoms with Gasteiger partial charge in [-0.3, -0.25) is 9.59 Å². The lowest BCUT2D eigenvalue weighted by atomic mass is 9.96. The fourth-order valence-electron chi connectivity index (χ4n) is 4.90. The fraction of sp³-hybridized carbons (Fsp3) is 0.200. The van der Waals surface area contributed by atoms with Crippen LogP contribution in [0.25, 0.3) is 43.6 Å². The van der Waals surface area contributed by atoms with E-state index in [1.54, 1.807) is 30.3 Å². The lowest BCUT2D eigenvalue weighted by molar-refractivity contribution is 0.290. The minimum absolute atomic E-state index is 0.0643. The van der Waals surface area contributed by atoms with Crippen LogP contribution in [-0.2, 0) is 10.0 Å². The van der Waals surface area contributed by atoms with Crippen LogP contribution in [0, 0.1) is 0 Å². The first kappa shape index (κ1) is 22.3. The molecule has 0 saturated carbocycles. The van der Waals surface area contributed by atoms with Crippen LogP contribution in [0.5, 0.6) is 0 Å². The molecule has 174 valence electrons. The van der Waals surface area contributed by atoms with Gasteiger partial charge >= 0.3 is 0 Å². The van der Waals surface area contributed by atoms with Gasteiger partial charge in [0.05, 0.1) is 26.8 Å². The number of nitrogens with one attached hydrogen (secondary N) is 2. The highest BCUT2D eigenvalue weighted by Gasteiger charge is 2.26. The van der Waals surface area contributed by atoms with Crippen molar-refractivity contribution in [2.45, 2.75) is 24.3 Å². The summed E-state index contributed by atoms with van der Waals surface area (Å²) < 4.78 is 24.9. The highest BCUT2D eigenvalue weighted by atomic mass is 32.2. The van der Waals surface area contributed by atoms with E-state index in [1.807, 2.05) is 38.1 Å². The Bertz CT molecular complexity index is 1850. The minimum Gasteiger partial charge on any atom is -0.354 e. The summed E-state index contributed by atoms with van der Waals surface area (Å²) in [5.74, 6) is 0. The lowest BCUT2D eigenvalue weighted by Gasteiger charge is -2.26. The highest BCUT2D eigenvalue weighted by Crippen LogP contribution is 2.33. The molecule has 0 spiro atoms. The summed E-state index contributed by atoms with van der Waals surface area (Å²) in [7, 11) is -0.411. The van der Waals surface area contributed by atoms with Gasteiger partial charge < -0.3 is 14.9 Å². The third kappa shape index (κ3) is 3.32. The predicted octanol–water partition coefficient (Wildman–Crippen LogP) is 3.34. The molecule has 0 radical (unpaired) electrons. The number of rotatable bonds is 4. The zero-order chi connectivity index (χ0) is 24.4. The molecule has 0 amide bonds. The minimum atomic E-state index is -4.08. The number of para-hydroxylation sites is 1. The molecule has 5 rings (SSSR count). The van der Waals surface area contributed by atoms with E-state index in [0.29, 0.717) is 50.2 Å².